The number of rotatable bonds is 7. The normalized spacial score (nSPS) is 15.2. The molecule has 0 saturated carbocycles. The van der Waals surface area contributed by atoms with Crippen LogP contribution in [0.1, 0.15) is 12.0 Å². The van der Waals surface area contributed by atoms with E-state index >= 15 is 0 Å². The molecule has 156 valence electrons. The Balaban J connectivity index is 1.33. The lowest BCUT2D eigenvalue weighted by Crippen LogP contribution is -2.36. The molecule has 1 N–H and O–H groups in total. The van der Waals surface area contributed by atoms with E-state index in [9.17, 15) is 9.18 Å². The fraction of sp³-hybridized carbons (Fsp3) is 0.304. The summed E-state index contributed by atoms with van der Waals surface area (Å²) in [7, 11) is 0. The molecule has 3 aromatic rings. The number of benzene rings is 2. The number of aromatic nitrogens is 2. The van der Waals surface area contributed by atoms with Crippen molar-refractivity contribution in [3.63, 3.8) is 0 Å². The second kappa shape index (κ2) is 9.54. The quantitative estimate of drug-likeness (QED) is 0.652. The third-order valence-corrected chi connectivity index (χ3v) is 5.30. The Labute approximate surface area is 175 Å². The van der Waals surface area contributed by atoms with Gasteiger partial charge in [0.05, 0.1) is 18.4 Å². The monoisotopic (exact) mass is 408 g/mol. The number of hydrogen-bond acceptors (Lipinski definition) is 4. The third kappa shape index (κ3) is 5.04. The molecule has 1 fully saturated rings. The molecule has 1 aromatic heterocycles. The first-order chi connectivity index (χ1) is 14.7. The van der Waals surface area contributed by atoms with E-state index in [1.807, 2.05) is 35.2 Å². The van der Waals surface area contributed by atoms with Crippen LogP contribution in [-0.2, 0) is 11.3 Å². The average molecular weight is 408 g/mol. The van der Waals surface area contributed by atoms with Crippen molar-refractivity contribution in [2.45, 2.75) is 13.0 Å². The Bertz CT molecular complexity index is 959. The molecule has 0 bridgehead atoms. The predicted molar refractivity (Wildman–Crippen MR) is 112 cm³/mol. The van der Waals surface area contributed by atoms with Crippen LogP contribution < -0.4 is 4.74 Å². The standard InChI is InChI=1S/C23H25FN4O2/c24-20-8-6-18(7-9-20)23-19(16-25-26-23)17-27-11-10-22(29)28(13-12-27)14-15-30-21-4-2-1-3-5-21/h1-9,16H,10-15,17H2,(H,25,26). The Morgan fingerprint density at radius 2 is 1.83 bits per heavy atom. The van der Waals surface area contributed by atoms with Gasteiger partial charge in [0.15, 0.2) is 0 Å². The Morgan fingerprint density at radius 1 is 1.03 bits per heavy atom. The highest BCUT2D eigenvalue weighted by molar-refractivity contribution is 5.76. The Kier molecular flexibility index (Phi) is 6.39. The fourth-order valence-electron chi connectivity index (χ4n) is 3.63. The minimum absolute atomic E-state index is 0.153. The van der Waals surface area contributed by atoms with Gasteiger partial charge in [0.1, 0.15) is 18.2 Å². The molecule has 0 aliphatic carbocycles. The summed E-state index contributed by atoms with van der Waals surface area (Å²) in [6.45, 7) is 3.89. The van der Waals surface area contributed by atoms with Gasteiger partial charge < -0.3 is 9.64 Å². The number of carbonyl (C=O) groups excluding carboxylic acids is 1. The Morgan fingerprint density at radius 3 is 2.63 bits per heavy atom. The van der Waals surface area contributed by atoms with Crippen molar-refractivity contribution in [1.82, 2.24) is 20.0 Å². The molecule has 0 radical (unpaired) electrons. The summed E-state index contributed by atoms with van der Waals surface area (Å²) in [6, 6.07) is 16.0. The summed E-state index contributed by atoms with van der Waals surface area (Å²) >= 11 is 0. The molecular weight excluding hydrogens is 383 g/mol. The second-order valence-corrected chi connectivity index (χ2v) is 7.35. The van der Waals surface area contributed by atoms with Crippen LogP contribution in [0.3, 0.4) is 0 Å². The average Bonchev–Trinajstić information content (AvgIpc) is 3.15. The van der Waals surface area contributed by atoms with Crippen LogP contribution in [-0.4, -0.2) is 58.7 Å². The first-order valence-electron chi connectivity index (χ1n) is 10.2. The van der Waals surface area contributed by atoms with Gasteiger partial charge in [-0.25, -0.2) is 4.39 Å². The van der Waals surface area contributed by atoms with Crippen molar-refractivity contribution >= 4 is 5.91 Å². The minimum Gasteiger partial charge on any atom is -0.492 e. The highest BCUT2D eigenvalue weighted by atomic mass is 19.1. The number of amides is 1. The SMILES string of the molecule is O=C1CCN(Cc2cn[nH]c2-c2ccc(F)cc2)CCN1CCOc1ccccc1. The van der Waals surface area contributed by atoms with Crippen LogP contribution >= 0.6 is 0 Å². The zero-order valence-corrected chi connectivity index (χ0v) is 16.8. The maximum atomic E-state index is 13.2. The lowest BCUT2D eigenvalue weighted by Gasteiger charge is -2.22. The maximum Gasteiger partial charge on any atom is 0.224 e. The number of aromatic amines is 1. The number of ether oxygens (including phenoxy) is 1. The van der Waals surface area contributed by atoms with E-state index in [-0.39, 0.29) is 11.7 Å². The van der Waals surface area contributed by atoms with Gasteiger partial charge in [-0.15, -0.1) is 0 Å². The number of carbonyl (C=O) groups is 1. The summed E-state index contributed by atoms with van der Waals surface area (Å²) in [4.78, 5) is 16.6. The molecule has 4 rings (SSSR count). The molecule has 30 heavy (non-hydrogen) atoms. The van der Waals surface area contributed by atoms with E-state index in [0.29, 0.717) is 39.2 Å². The Hall–Kier alpha value is -3.19. The van der Waals surface area contributed by atoms with Gasteiger partial charge in [0, 0.05) is 43.7 Å². The zero-order chi connectivity index (χ0) is 20.8. The van der Waals surface area contributed by atoms with Gasteiger partial charge >= 0.3 is 0 Å². The molecule has 1 amide bonds. The van der Waals surface area contributed by atoms with Gasteiger partial charge in [0.25, 0.3) is 0 Å². The van der Waals surface area contributed by atoms with E-state index in [0.717, 1.165) is 29.1 Å². The molecule has 7 heteroatoms. The molecule has 0 atom stereocenters. The van der Waals surface area contributed by atoms with E-state index in [4.69, 9.17) is 4.74 Å². The van der Waals surface area contributed by atoms with Crippen molar-refractivity contribution in [1.29, 1.82) is 0 Å². The van der Waals surface area contributed by atoms with Crippen molar-refractivity contribution in [3.8, 4) is 17.0 Å². The van der Waals surface area contributed by atoms with E-state index in [2.05, 4.69) is 15.1 Å². The molecule has 0 unspecified atom stereocenters. The number of para-hydroxylation sites is 1. The summed E-state index contributed by atoms with van der Waals surface area (Å²) in [6.07, 6.45) is 2.28. The molecular formula is C23H25FN4O2. The van der Waals surface area contributed by atoms with Gasteiger partial charge in [-0.2, -0.15) is 5.10 Å². The van der Waals surface area contributed by atoms with Crippen LogP contribution in [0.2, 0.25) is 0 Å². The highest BCUT2D eigenvalue weighted by Crippen LogP contribution is 2.23. The molecule has 1 aliphatic heterocycles. The lowest BCUT2D eigenvalue weighted by atomic mass is 10.1. The molecule has 1 aliphatic rings. The van der Waals surface area contributed by atoms with E-state index in [1.54, 1.807) is 18.3 Å². The van der Waals surface area contributed by atoms with Crippen molar-refractivity contribution in [2.75, 3.05) is 32.8 Å². The molecule has 0 spiro atoms. The number of nitrogens with one attached hydrogen (secondary N) is 1. The maximum absolute atomic E-state index is 13.2. The van der Waals surface area contributed by atoms with Crippen LogP contribution in [0.5, 0.6) is 5.75 Å². The summed E-state index contributed by atoms with van der Waals surface area (Å²) in [5.74, 6) is 0.706. The highest BCUT2D eigenvalue weighted by Gasteiger charge is 2.22. The van der Waals surface area contributed by atoms with Gasteiger partial charge in [-0.1, -0.05) is 18.2 Å². The second-order valence-electron chi connectivity index (χ2n) is 7.35. The van der Waals surface area contributed by atoms with Crippen LogP contribution in [0.25, 0.3) is 11.3 Å². The van der Waals surface area contributed by atoms with E-state index < -0.39 is 0 Å². The third-order valence-electron chi connectivity index (χ3n) is 5.30. The smallest absolute Gasteiger partial charge is 0.224 e. The zero-order valence-electron chi connectivity index (χ0n) is 16.8. The van der Waals surface area contributed by atoms with Crippen molar-refractivity contribution < 1.29 is 13.9 Å². The predicted octanol–water partition coefficient (Wildman–Crippen LogP) is 3.33. The molecule has 2 aromatic carbocycles. The summed E-state index contributed by atoms with van der Waals surface area (Å²) < 4.78 is 19.0. The topological polar surface area (TPSA) is 61.5 Å². The van der Waals surface area contributed by atoms with Crippen molar-refractivity contribution in [3.05, 3.63) is 72.2 Å². The van der Waals surface area contributed by atoms with Gasteiger partial charge in [-0.3, -0.25) is 14.8 Å². The molecule has 1 saturated heterocycles. The van der Waals surface area contributed by atoms with Crippen molar-refractivity contribution in [2.24, 2.45) is 0 Å². The fourth-order valence-corrected chi connectivity index (χ4v) is 3.63. The summed E-state index contributed by atoms with van der Waals surface area (Å²) in [5, 5.41) is 7.18. The molecule has 6 nitrogen and oxygen atoms in total. The van der Waals surface area contributed by atoms with Crippen LogP contribution in [0.15, 0.2) is 60.8 Å². The summed E-state index contributed by atoms with van der Waals surface area (Å²) in [5.41, 5.74) is 2.82. The van der Waals surface area contributed by atoms with Gasteiger partial charge in [-0.05, 0) is 36.4 Å². The van der Waals surface area contributed by atoms with E-state index in [1.165, 1.54) is 12.1 Å². The lowest BCUT2D eigenvalue weighted by molar-refractivity contribution is -0.130. The van der Waals surface area contributed by atoms with Crippen LogP contribution in [0, 0.1) is 5.82 Å². The van der Waals surface area contributed by atoms with Gasteiger partial charge in [0.2, 0.25) is 5.91 Å². The van der Waals surface area contributed by atoms with Crippen LogP contribution in [0.4, 0.5) is 4.39 Å². The largest absolute Gasteiger partial charge is 0.492 e. The first kappa shape index (κ1) is 20.1. The molecule has 2 heterocycles. The minimum atomic E-state index is -0.262. The number of nitrogens with zero attached hydrogens (tertiary/aromatic N) is 3. The number of hydrogen-bond donors (Lipinski definition) is 1. The number of H-pyrrole nitrogens is 1. The first-order valence-corrected chi connectivity index (χ1v) is 10.2. The number of halogens is 1.